The van der Waals surface area contributed by atoms with E-state index in [0.717, 1.165) is 55.4 Å². The fourth-order valence-electron chi connectivity index (χ4n) is 2.32. The van der Waals surface area contributed by atoms with Crippen LogP contribution in [0.4, 0.5) is 5.69 Å². The average molecular weight is 245 g/mol. The second-order valence-electron chi connectivity index (χ2n) is 4.76. The first-order valence-electron chi connectivity index (χ1n) is 6.44. The van der Waals surface area contributed by atoms with Crippen LogP contribution in [-0.2, 0) is 0 Å². The summed E-state index contributed by atoms with van der Waals surface area (Å²) in [7, 11) is 0. The van der Waals surface area contributed by atoms with Gasteiger partial charge in [0.1, 0.15) is 5.82 Å². The molecule has 0 spiro atoms. The Morgan fingerprint density at radius 2 is 2.17 bits per heavy atom. The van der Waals surface area contributed by atoms with E-state index >= 15 is 0 Å². The number of anilines is 1. The number of aromatic amines is 1. The zero-order valence-corrected chi connectivity index (χ0v) is 10.7. The number of imidazole rings is 1. The summed E-state index contributed by atoms with van der Waals surface area (Å²) < 4.78 is 0. The van der Waals surface area contributed by atoms with Crippen molar-refractivity contribution in [3.05, 3.63) is 24.0 Å². The molecule has 1 aromatic carbocycles. The van der Waals surface area contributed by atoms with Gasteiger partial charge in [0.2, 0.25) is 0 Å². The number of rotatable bonds is 3. The number of hydrogen-bond donors (Lipinski definition) is 3. The predicted octanol–water partition coefficient (Wildman–Crippen LogP) is 1.15. The molecule has 5 heteroatoms. The number of aromatic nitrogens is 2. The topological polar surface area (TPSA) is 56.0 Å². The highest BCUT2D eigenvalue weighted by Gasteiger charge is 2.08. The van der Waals surface area contributed by atoms with Gasteiger partial charge in [-0.05, 0) is 25.1 Å². The first-order valence-corrected chi connectivity index (χ1v) is 6.44. The van der Waals surface area contributed by atoms with Crippen LogP contribution >= 0.6 is 0 Å². The van der Waals surface area contributed by atoms with Gasteiger partial charge in [-0.1, -0.05) is 0 Å². The summed E-state index contributed by atoms with van der Waals surface area (Å²) in [6, 6.07) is 6.27. The number of hydrogen-bond acceptors (Lipinski definition) is 4. The molecule has 1 saturated heterocycles. The van der Waals surface area contributed by atoms with Crippen molar-refractivity contribution in [2.75, 3.05) is 38.2 Å². The number of nitrogens with zero attached hydrogens (tertiary/aromatic N) is 2. The van der Waals surface area contributed by atoms with Gasteiger partial charge in [0.05, 0.1) is 17.7 Å². The molecule has 96 valence electrons. The summed E-state index contributed by atoms with van der Waals surface area (Å²) in [4.78, 5) is 10.1. The number of fused-ring (bicyclic) bond motifs is 1. The summed E-state index contributed by atoms with van der Waals surface area (Å²) in [5.74, 6) is 0.962. The Morgan fingerprint density at radius 1 is 1.33 bits per heavy atom. The van der Waals surface area contributed by atoms with Crippen LogP contribution in [-0.4, -0.2) is 47.7 Å². The second-order valence-corrected chi connectivity index (χ2v) is 4.76. The largest absolute Gasteiger partial charge is 0.372 e. The third kappa shape index (κ3) is 2.47. The number of piperazine rings is 1. The standard InChI is InChI=1S/C13H19N5/c1-10-16-12-3-2-11(8-13(12)17-10)15-9-18-6-4-14-5-7-18/h2-3,8,14-15H,4-7,9H2,1H3,(H,16,17). The lowest BCUT2D eigenvalue weighted by atomic mass is 10.3. The summed E-state index contributed by atoms with van der Waals surface area (Å²) in [6.45, 7) is 7.27. The normalized spacial score (nSPS) is 17.2. The van der Waals surface area contributed by atoms with Crippen LogP contribution in [0.3, 0.4) is 0 Å². The van der Waals surface area contributed by atoms with Crippen LogP contribution < -0.4 is 10.6 Å². The van der Waals surface area contributed by atoms with Gasteiger partial charge in [-0.3, -0.25) is 4.90 Å². The second kappa shape index (κ2) is 4.96. The molecule has 0 radical (unpaired) electrons. The van der Waals surface area contributed by atoms with E-state index in [1.165, 1.54) is 0 Å². The summed E-state index contributed by atoms with van der Waals surface area (Å²) in [6.07, 6.45) is 0. The molecule has 2 heterocycles. The van der Waals surface area contributed by atoms with Crippen molar-refractivity contribution < 1.29 is 0 Å². The highest BCUT2D eigenvalue weighted by molar-refractivity contribution is 5.79. The summed E-state index contributed by atoms with van der Waals surface area (Å²) in [5.41, 5.74) is 3.27. The SMILES string of the molecule is Cc1nc2ccc(NCN3CCNCC3)cc2[nH]1. The van der Waals surface area contributed by atoms with Crippen LogP contribution in [0.5, 0.6) is 0 Å². The molecule has 0 aliphatic carbocycles. The van der Waals surface area contributed by atoms with Crippen LogP contribution in [0.2, 0.25) is 0 Å². The third-order valence-corrected chi connectivity index (χ3v) is 3.32. The van der Waals surface area contributed by atoms with E-state index in [0.29, 0.717) is 0 Å². The lowest BCUT2D eigenvalue weighted by Crippen LogP contribution is -2.45. The molecule has 1 aromatic heterocycles. The van der Waals surface area contributed by atoms with Crippen molar-refractivity contribution in [1.82, 2.24) is 20.2 Å². The molecule has 1 aliphatic heterocycles. The molecule has 1 aliphatic rings. The first-order chi connectivity index (χ1) is 8.81. The molecule has 0 bridgehead atoms. The van der Waals surface area contributed by atoms with Crippen LogP contribution in [0.1, 0.15) is 5.82 Å². The van der Waals surface area contributed by atoms with Crippen LogP contribution in [0, 0.1) is 6.92 Å². The fraction of sp³-hybridized carbons (Fsp3) is 0.462. The number of benzene rings is 1. The molecule has 2 aromatic rings. The monoisotopic (exact) mass is 245 g/mol. The van der Waals surface area contributed by atoms with E-state index in [1.54, 1.807) is 0 Å². The molecule has 0 unspecified atom stereocenters. The minimum atomic E-state index is 0.903. The smallest absolute Gasteiger partial charge is 0.104 e. The molecule has 0 saturated carbocycles. The van der Waals surface area contributed by atoms with Crippen molar-refractivity contribution in [2.24, 2.45) is 0 Å². The van der Waals surface area contributed by atoms with Gasteiger partial charge in [0, 0.05) is 31.9 Å². The van der Waals surface area contributed by atoms with E-state index in [2.05, 4.69) is 43.7 Å². The van der Waals surface area contributed by atoms with Crippen molar-refractivity contribution >= 4 is 16.7 Å². The Balaban J connectivity index is 1.66. The van der Waals surface area contributed by atoms with E-state index in [1.807, 2.05) is 6.92 Å². The van der Waals surface area contributed by atoms with E-state index in [-0.39, 0.29) is 0 Å². The van der Waals surface area contributed by atoms with Crippen molar-refractivity contribution in [2.45, 2.75) is 6.92 Å². The first kappa shape index (κ1) is 11.5. The van der Waals surface area contributed by atoms with Crippen LogP contribution in [0.15, 0.2) is 18.2 Å². The number of H-pyrrole nitrogens is 1. The van der Waals surface area contributed by atoms with E-state index in [4.69, 9.17) is 0 Å². The summed E-state index contributed by atoms with van der Waals surface area (Å²) in [5, 5.41) is 6.82. The van der Waals surface area contributed by atoms with Gasteiger partial charge in [-0.25, -0.2) is 4.98 Å². The van der Waals surface area contributed by atoms with Gasteiger partial charge < -0.3 is 15.6 Å². The Bertz CT molecular complexity index is 527. The number of nitrogens with one attached hydrogen (secondary N) is 3. The average Bonchev–Trinajstić information content (AvgIpc) is 2.77. The maximum atomic E-state index is 4.40. The summed E-state index contributed by atoms with van der Waals surface area (Å²) >= 11 is 0. The molecule has 0 atom stereocenters. The molecule has 0 amide bonds. The Morgan fingerprint density at radius 3 is 3.00 bits per heavy atom. The lowest BCUT2D eigenvalue weighted by Gasteiger charge is -2.27. The van der Waals surface area contributed by atoms with Crippen molar-refractivity contribution in [3.63, 3.8) is 0 Å². The minimum absolute atomic E-state index is 0.903. The maximum absolute atomic E-state index is 4.40. The lowest BCUT2D eigenvalue weighted by molar-refractivity contribution is 0.256. The Labute approximate surface area is 107 Å². The van der Waals surface area contributed by atoms with Gasteiger partial charge in [-0.15, -0.1) is 0 Å². The number of aryl methyl sites for hydroxylation is 1. The van der Waals surface area contributed by atoms with Crippen molar-refractivity contribution in [1.29, 1.82) is 0 Å². The highest BCUT2D eigenvalue weighted by atomic mass is 15.3. The fourth-order valence-corrected chi connectivity index (χ4v) is 2.32. The Hall–Kier alpha value is -1.59. The molecular weight excluding hydrogens is 226 g/mol. The van der Waals surface area contributed by atoms with Gasteiger partial charge in [0.25, 0.3) is 0 Å². The highest BCUT2D eigenvalue weighted by Crippen LogP contribution is 2.16. The predicted molar refractivity (Wildman–Crippen MR) is 73.8 cm³/mol. The molecule has 3 rings (SSSR count). The maximum Gasteiger partial charge on any atom is 0.104 e. The molecule has 3 N–H and O–H groups in total. The van der Waals surface area contributed by atoms with E-state index in [9.17, 15) is 0 Å². The Kier molecular flexibility index (Phi) is 3.17. The quantitative estimate of drug-likeness (QED) is 0.759. The van der Waals surface area contributed by atoms with Crippen molar-refractivity contribution in [3.8, 4) is 0 Å². The van der Waals surface area contributed by atoms with E-state index < -0.39 is 0 Å². The molecular formula is C13H19N5. The van der Waals surface area contributed by atoms with Gasteiger partial charge >= 0.3 is 0 Å². The zero-order valence-electron chi connectivity index (χ0n) is 10.7. The molecule has 18 heavy (non-hydrogen) atoms. The van der Waals surface area contributed by atoms with Crippen LogP contribution in [0.25, 0.3) is 11.0 Å². The third-order valence-electron chi connectivity index (χ3n) is 3.32. The minimum Gasteiger partial charge on any atom is -0.372 e. The molecule has 5 nitrogen and oxygen atoms in total. The van der Waals surface area contributed by atoms with Gasteiger partial charge in [0.15, 0.2) is 0 Å². The van der Waals surface area contributed by atoms with Gasteiger partial charge in [-0.2, -0.15) is 0 Å². The zero-order chi connectivity index (χ0) is 12.4. The molecule has 1 fully saturated rings.